The molecule has 0 aromatic heterocycles. The van der Waals surface area contributed by atoms with Gasteiger partial charge >= 0.3 is 6.18 Å². The van der Waals surface area contributed by atoms with E-state index in [-0.39, 0.29) is 5.37 Å². The number of rotatable bonds is 1. The van der Waals surface area contributed by atoms with Crippen molar-refractivity contribution in [2.75, 3.05) is 20.1 Å². The lowest BCUT2D eigenvalue weighted by Gasteiger charge is -2.18. The molecule has 2 nitrogen and oxygen atoms in total. The first-order valence-electron chi connectivity index (χ1n) is 5.94. The number of alkyl halides is 3. The summed E-state index contributed by atoms with van der Waals surface area (Å²) < 4.78 is 37.5. The molecule has 1 atom stereocenters. The molecule has 2 heterocycles. The molecular weight excluding hydrogens is 273 g/mol. The van der Waals surface area contributed by atoms with Gasteiger partial charge in [0.1, 0.15) is 5.37 Å². The third-order valence-corrected chi connectivity index (χ3v) is 4.57. The maximum absolute atomic E-state index is 12.5. The summed E-state index contributed by atoms with van der Waals surface area (Å²) in [4.78, 5) is 3.50. The third kappa shape index (κ3) is 2.47. The van der Waals surface area contributed by atoms with E-state index in [1.54, 1.807) is 23.9 Å². The minimum Gasteiger partial charge on any atom is -0.371 e. The number of nitrogens with zero attached hydrogens (tertiary/aromatic N) is 1. The Balaban J connectivity index is 1.72. The second-order valence-corrected chi connectivity index (χ2v) is 6.04. The zero-order chi connectivity index (χ0) is 13.6. The van der Waals surface area contributed by atoms with E-state index in [1.807, 2.05) is 7.05 Å². The van der Waals surface area contributed by atoms with Crippen LogP contribution in [0.15, 0.2) is 34.9 Å². The van der Waals surface area contributed by atoms with Gasteiger partial charge in [-0.3, -0.25) is 4.90 Å². The minimum atomic E-state index is -4.27. The minimum absolute atomic E-state index is 0.0426. The van der Waals surface area contributed by atoms with Crippen molar-refractivity contribution in [1.82, 2.24) is 10.2 Å². The smallest absolute Gasteiger partial charge is 0.371 e. The summed E-state index contributed by atoms with van der Waals surface area (Å²) in [5.41, 5.74) is 1.49. The molecule has 19 heavy (non-hydrogen) atoms. The van der Waals surface area contributed by atoms with Crippen LogP contribution in [0.25, 0.3) is 0 Å². The van der Waals surface area contributed by atoms with E-state index in [9.17, 15) is 13.2 Å². The normalized spacial score (nSPS) is 23.7. The Bertz CT molecular complexity index is 504. The highest BCUT2D eigenvalue weighted by Gasteiger charge is 2.33. The van der Waals surface area contributed by atoms with Crippen molar-refractivity contribution in [2.24, 2.45) is 0 Å². The number of hydrogen-bond acceptors (Lipinski definition) is 3. The number of halogens is 3. The van der Waals surface area contributed by atoms with Crippen LogP contribution >= 0.6 is 11.8 Å². The molecule has 3 rings (SSSR count). The van der Waals surface area contributed by atoms with Gasteiger partial charge < -0.3 is 5.32 Å². The van der Waals surface area contributed by atoms with Gasteiger partial charge in [0, 0.05) is 23.7 Å². The van der Waals surface area contributed by atoms with Crippen LogP contribution in [0.4, 0.5) is 13.2 Å². The van der Waals surface area contributed by atoms with Crippen LogP contribution in [0.3, 0.4) is 0 Å². The standard InChI is InChI=1S/C13H13F3N2S/c1-18-6-10-11(7-18)19-12(17-10)8-2-4-9(5-3-8)13(14,15)16/h2-5,12,17H,6-7H2,1H3. The summed E-state index contributed by atoms with van der Waals surface area (Å²) in [5.74, 6) is 0. The van der Waals surface area contributed by atoms with E-state index in [4.69, 9.17) is 0 Å². The van der Waals surface area contributed by atoms with Crippen molar-refractivity contribution >= 4 is 11.8 Å². The number of benzene rings is 1. The third-order valence-electron chi connectivity index (χ3n) is 3.28. The molecule has 1 unspecified atom stereocenters. The van der Waals surface area contributed by atoms with E-state index in [0.717, 1.165) is 30.8 Å². The molecule has 2 aliphatic rings. The van der Waals surface area contributed by atoms with Crippen LogP contribution in [-0.4, -0.2) is 25.0 Å². The maximum Gasteiger partial charge on any atom is 0.416 e. The zero-order valence-corrected chi connectivity index (χ0v) is 11.1. The van der Waals surface area contributed by atoms with Gasteiger partial charge in [0.15, 0.2) is 0 Å². The summed E-state index contributed by atoms with van der Waals surface area (Å²) in [5, 5.41) is 3.42. The Morgan fingerprint density at radius 2 is 1.89 bits per heavy atom. The summed E-state index contributed by atoms with van der Waals surface area (Å²) >= 11 is 1.70. The number of hydrogen-bond donors (Lipinski definition) is 1. The number of likely N-dealkylation sites (N-methyl/N-ethyl adjacent to an activating group) is 1. The Morgan fingerprint density at radius 1 is 1.21 bits per heavy atom. The molecule has 0 saturated heterocycles. The van der Waals surface area contributed by atoms with Gasteiger partial charge in [-0.1, -0.05) is 23.9 Å². The summed E-state index contributed by atoms with van der Waals surface area (Å²) in [7, 11) is 2.05. The van der Waals surface area contributed by atoms with Crippen molar-refractivity contribution in [3.8, 4) is 0 Å². The molecule has 1 aromatic carbocycles. The first kappa shape index (κ1) is 12.9. The van der Waals surface area contributed by atoms with Crippen LogP contribution in [0.2, 0.25) is 0 Å². The monoisotopic (exact) mass is 286 g/mol. The van der Waals surface area contributed by atoms with Gasteiger partial charge in [-0.05, 0) is 24.7 Å². The van der Waals surface area contributed by atoms with Crippen LogP contribution < -0.4 is 5.32 Å². The van der Waals surface area contributed by atoms with Crippen molar-refractivity contribution < 1.29 is 13.2 Å². The first-order chi connectivity index (χ1) is 8.93. The molecule has 2 aliphatic heterocycles. The Labute approximate surface area is 113 Å². The molecule has 1 aromatic rings. The fraction of sp³-hybridized carbons (Fsp3) is 0.385. The average molecular weight is 286 g/mol. The molecule has 0 radical (unpaired) electrons. The first-order valence-corrected chi connectivity index (χ1v) is 6.82. The van der Waals surface area contributed by atoms with E-state index < -0.39 is 11.7 Å². The van der Waals surface area contributed by atoms with E-state index in [0.29, 0.717) is 0 Å². The molecule has 6 heteroatoms. The lowest BCUT2D eigenvalue weighted by Crippen LogP contribution is -2.22. The van der Waals surface area contributed by atoms with Crippen molar-refractivity contribution in [3.63, 3.8) is 0 Å². The molecule has 1 N–H and O–H groups in total. The second kappa shape index (κ2) is 4.45. The zero-order valence-electron chi connectivity index (χ0n) is 10.3. The highest BCUT2D eigenvalue weighted by Crippen LogP contribution is 2.43. The fourth-order valence-electron chi connectivity index (χ4n) is 2.32. The van der Waals surface area contributed by atoms with E-state index in [2.05, 4.69) is 10.2 Å². The van der Waals surface area contributed by atoms with Crippen molar-refractivity contribution in [3.05, 3.63) is 46.0 Å². The molecule has 0 saturated carbocycles. The van der Waals surface area contributed by atoms with Crippen LogP contribution in [-0.2, 0) is 6.18 Å². The second-order valence-electron chi connectivity index (χ2n) is 4.84. The molecular formula is C13H13F3N2S. The summed E-state index contributed by atoms with van der Waals surface area (Å²) in [6.45, 7) is 1.81. The summed E-state index contributed by atoms with van der Waals surface area (Å²) in [6, 6.07) is 5.40. The highest BCUT2D eigenvalue weighted by atomic mass is 32.2. The van der Waals surface area contributed by atoms with Crippen LogP contribution in [0, 0.1) is 0 Å². The predicted molar refractivity (Wildman–Crippen MR) is 69.4 cm³/mol. The van der Waals surface area contributed by atoms with Crippen molar-refractivity contribution in [1.29, 1.82) is 0 Å². The van der Waals surface area contributed by atoms with Crippen molar-refractivity contribution in [2.45, 2.75) is 11.6 Å². The van der Waals surface area contributed by atoms with Gasteiger partial charge in [-0.15, -0.1) is 0 Å². The maximum atomic E-state index is 12.5. The molecule has 0 amide bonds. The Kier molecular flexibility index (Phi) is 3.02. The summed E-state index contributed by atoms with van der Waals surface area (Å²) in [6.07, 6.45) is -4.27. The van der Waals surface area contributed by atoms with Gasteiger partial charge in [-0.25, -0.2) is 0 Å². The quantitative estimate of drug-likeness (QED) is 0.853. The van der Waals surface area contributed by atoms with Gasteiger partial charge in [0.25, 0.3) is 0 Å². The van der Waals surface area contributed by atoms with E-state index in [1.165, 1.54) is 10.6 Å². The Morgan fingerprint density at radius 3 is 2.47 bits per heavy atom. The van der Waals surface area contributed by atoms with Crippen LogP contribution in [0.5, 0.6) is 0 Å². The highest BCUT2D eigenvalue weighted by molar-refractivity contribution is 8.03. The topological polar surface area (TPSA) is 15.3 Å². The van der Waals surface area contributed by atoms with Crippen LogP contribution in [0.1, 0.15) is 16.5 Å². The molecule has 0 spiro atoms. The SMILES string of the molecule is CN1CC2=C(C1)SC(c1ccc(C(F)(F)F)cc1)N2. The predicted octanol–water partition coefficient (Wildman–Crippen LogP) is 3.20. The largest absolute Gasteiger partial charge is 0.416 e. The molecule has 0 bridgehead atoms. The van der Waals surface area contributed by atoms with Gasteiger partial charge in [0.05, 0.1) is 5.56 Å². The molecule has 0 fully saturated rings. The lowest BCUT2D eigenvalue weighted by molar-refractivity contribution is -0.137. The van der Waals surface area contributed by atoms with Gasteiger partial charge in [0.2, 0.25) is 0 Å². The van der Waals surface area contributed by atoms with E-state index >= 15 is 0 Å². The van der Waals surface area contributed by atoms with Gasteiger partial charge in [-0.2, -0.15) is 13.2 Å². The number of nitrogens with one attached hydrogen (secondary N) is 1. The lowest BCUT2D eigenvalue weighted by atomic mass is 10.1. The molecule has 0 aliphatic carbocycles. The fourth-order valence-corrected chi connectivity index (χ4v) is 3.66. The number of thioether (sulfide) groups is 1. The average Bonchev–Trinajstić information content (AvgIpc) is 2.85. The molecule has 102 valence electrons. The Hall–Kier alpha value is -1.14.